The van der Waals surface area contributed by atoms with E-state index in [4.69, 9.17) is 0 Å². The van der Waals surface area contributed by atoms with Gasteiger partial charge in [0.1, 0.15) is 0 Å². The molecular weight excluding hydrogens is 232 g/mol. The minimum absolute atomic E-state index is 0.0243. The number of piperidine rings is 1. The van der Waals surface area contributed by atoms with Gasteiger partial charge in [-0.25, -0.2) is 0 Å². The monoisotopic (exact) mass is 256 g/mol. The molecule has 0 aromatic heterocycles. The second-order valence-electron chi connectivity index (χ2n) is 5.64. The molecule has 1 saturated heterocycles. The second kappa shape index (κ2) is 5.26. The van der Waals surface area contributed by atoms with Gasteiger partial charge < -0.3 is 15.3 Å². The molecule has 0 saturated carbocycles. The molecule has 5 nitrogen and oxygen atoms in total. The quantitative estimate of drug-likeness (QED) is 0.790. The zero-order chi connectivity index (χ0) is 14.0. The number of nitrogens with zero attached hydrogens (tertiary/aromatic N) is 1. The first-order valence-corrected chi connectivity index (χ1v) is 6.51. The molecule has 0 aromatic rings. The second-order valence-corrected chi connectivity index (χ2v) is 5.64. The molecule has 0 aliphatic carbocycles. The number of aliphatic carboxylic acids is 1. The van der Waals surface area contributed by atoms with Gasteiger partial charge in [0.25, 0.3) is 0 Å². The number of rotatable bonds is 4. The van der Waals surface area contributed by atoms with E-state index in [1.54, 1.807) is 11.9 Å². The van der Waals surface area contributed by atoms with Gasteiger partial charge in [0.15, 0.2) is 0 Å². The summed E-state index contributed by atoms with van der Waals surface area (Å²) >= 11 is 0. The number of carboxylic acid groups (broad SMARTS) is 1. The summed E-state index contributed by atoms with van der Waals surface area (Å²) in [6.45, 7) is 6.49. The summed E-state index contributed by atoms with van der Waals surface area (Å²) in [5.41, 5.74) is -1.41. The van der Waals surface area contributed by atoms with Crippen molar-refractivity contribution >= 4 is 11.9 Å². The van der Waals surface area contributed by atoms with Crippen molar-refractivity contribution in [1.29, 1.82) is 0 Å². The van der Waals surface area contributed by atoms with E-state index in [0.717, 1.165) is 6.42 Å². The zero-order valence-corrected chi connectivity index (χ0v) is 11.7. The molecular formula is C13H24N2O3. The maximum Gasteiger partial charge on any atom is 0.311 e. The topological polar surface area (TPSA) is 69.6 Å². The van der Waals surface area contributed by atoms with E-state index >= 15 is 0 Å². The molecule has 1 aliphatic heterocycles. The summed E-state index contributed by atoms with van der Waals surface area (Å²) in [6.07, 6.45) is 1.97. The van der Waals surface area contributed by atoms with Crippen LogP contribution in [0.3, 0.4) is 0 Å². The Morgan fingerprint density at radius 1 is 1.44 bits per heavy atom. The molecule has 1 atom stereocenters. The molecule has 2 N–H and O–H groups in total. The lowest BCUT2D eigenvalue weighted by atomic mass is 9.77. The lowest BCUT2D eigenvalue weighted by Gasteiger charge is -2.42. The lowest BCUT2D eigenvalue weighted by molar-refractivity contribution is -0.156. The van der Waals surface area contributed by atoms with Crippen molar-refractivity contribution in [3.8, 4) is 0 Å². The highest BCUT2D eigenvalue weighted by atomic mass is 16.4. The largest absolute Gasteiger partial charge is 0.481 e. The van der Waals surface area contributed by atoms with Gasteiger partial charge >= 0.3 is 5.97 Å². The van der Waals surface area contributed by atoms with Gasteiger partial charge in [-0.3, -0.25) is 9.59 Å². The van der Waals surface area contributed by atoms with Crippen LogP contribution in [0.1, 0.15) is 40.0 Å². The Morgan fingerprint density at radius 3 is 2.50 bits per heavy atom. The molecule has 104 valence electrons. The smallest absolute Gasteiger partial charge is 0.311 e. The number of likely N-dealkylation sites (tertiary alicyclic amines) is 1. The van der Waals surface area contributed by atoms with Gasteiger partial charge in [-0.15, -0.1) is 0 Å². The van der Waals surface area contributed by atoms with Gasteiger partial charge in [-0.2, -0.15) is 0 Å². The van der Waals surface area contributed by atoms with Crippen LogP contribution < -0.4 is 5.32 Å². The Bertz CT molecular complexity index is 341. The molecule has 1 fully saturated rings. The standard InChI is InChI=1S/C13H24N2O3/c1-5-13(11(17)18)7-6-8-15(9-13)10(16)12(2,3)14-4/h14H,5-9H2,1-4H3,(H,17,18). The first-order valence-electron chi connectivity index (χ1n) is 6.51. The van der Waals surface area contributed by atoms with Crippen molar-refractivity contribution < 1.29 is 14.7 Å². The van der Waals surface area contributed by atoms with E-state index in [1.165, 1.54) is 0 Å². The van der Waals surface area contributed by atoms with E-state index in [2.05, 4.69) is 5.32 Å². The number of hydrogen-bond acceptors (Lipinski definition) is 3. The number of carboxylic acids is 1. The van der Waals surface area contributed by atoms with Crippen molar-refractivity contribution in [3.05, 3.63) is 0 Å². The van der Waals surface area contributed by atoms with Crippen LogP contribution in [0.15, 0.2) is 0 Å². The van der Waals surface area contributed by atoms with Crippen LogP contribution in [0, 0.1) is 5.41 Å². The maximum atomic E-state index is 12.3. The molecule has 0 radical (unpaired) electrons. The summed E-state index contributed by atoms with van der Waals surface area (Å²) in [7, 11) is 1.74. The molecule has 0 spiro atoms. The third-order valence-electron chi connectivity index (χ3n) is 4.15. The first kappa shape index (κ1) is 15.0. The fourth-order valence-electron chi connectivity index (χ4n) is 2.42. The fourth-order valence-corrected chi connectivity index (χ4v) is 2.42. The summed E-state index contributed by atoms with van der Waals surface area (Å²) in [5.74, 6) is -0.812. The number of likely N-dealkylation sites (N-methyl/N-ethyl adjacent to an activating group) is 1. The predicted octanol–water partition coefficient (Wildman–Crippen LogP) is 1.09. The first-order chi connectivity index (χ1) is 8.29. The molecule has 1 heterocycles. The molecule has 1 rings (SSSR count). The van der Waals surface area contributed by atoms with Gasteiger partial charge in [-0.05, 0) is 40.2 Å². The van der Waals surface area contributed by atoms with Crippen LogP contribution in [-0.4, -0.2) is 47.6 Å². The van der Waals surface area contributed by atoms with E-state index < -0.39 is 16.9 Å². The molecule has 0 aromatic carbocycles. The summed E-state index contributed by atoms with van der Waals surface area (Å²) < 4.78 is 0. The van der Waals surface area contributed by atoms with Crippen molar-refractivity contribution in [2.75, 3.05) is 20.1 Å². The van der Waals surface area contributed by atoms with Crippen molar-refractivity contribution in [1.82, 2.24) is 10.2 Å². The van der Waals surface area contributed by atoms with Crippen LogP contribution >= 0.6 is 0 Å². The van der Waals surface area contributed by atoms with Crippen LogP contribution in [0.25, 0.3) is 0 Å². The van der Waals surface area contributed by atoms with E-state index in [9.17, 15) is 14.7 Å². The van der Waals surface area contributed by atoms with Gasteiger partial charge in [-0.1, -0.05) is 6.92 Å². The van der Waals surface area contributed by atoms with E-state index in [1.807, 2.05) is 20.8 Å². The number of amides is 1. The Balaban J connectivity index is 2.87. The molecule has 1 amide bonds. The Labute approximate surface area is 109 Å². The van der Waals surface area contributed by atoms with E-state index in [0.29, 0.717) is 25.9 Å². The van der Waals surface area contributed by atoms with Gasteiger partial charge in [0.05, 0.1) is 11.0 Å². The molecule has 18 heavy (non-hydrogen) atoms. The number of hydrogen-bond donors (Lipinski definition) is 2. The number of carbonyl (C=O) groups is 2. The average Bonchev–Trinajstić information content (AvgIpc) is 2.37. The van der Waals surface area contributed by atoms with Gasteiger partial charge in [0, 0.05) is 13.1 Å². The SMILES string of the molecule is CCC1(C(=O)O)CCCN(C(=O)C(C)(C)NC)C1. The Hall–Kier alpha value is -1.10. The third-order valence-corrected chi connectivity index (χ3v) is 4.15. The summed E-state index contributed by atoms with van der Waals surface area (Å²) in [5, 5.41) is 12.4. The minimum Gasteiger partial charge on any atom is -0.481 e. The highest BCUT2D eigenvalue weighted by Gasteiger charge is 2.44. The summed E-state index contributed by atoms with van der Waals surface area (Å²) in [4.78, 5) is 25.5. The highest BCUT2D eigenvalue weighted by molar-refractivity contribution is 5.86. The zero-order valence-electron chi connectivity index (χ0n) is 11.7. The van der Waals surface area contributed by atoms with Crippen molar-refractivity contribution in [2.24, 2.45) is 5.41 Å². The average molecular weight is 256 g/mol. The van der Waals surface area contributed by atoms with Crippen LogP contribution in [-0.2, 0) is 9.59 Å². The normalized spacial score (nSPS) is 25.0. The van der Waals surface area contributed by atoms with Crippen LogP contribution in [0.4, 0.5) is 0 Å². The molecule has 1 aliphatic rings. The van der Waals surface area contributed by atoms with Crippen LogP contribution in [0.2, 0.25) is 0 Å². The Kier molecular flexibility index (Phi) is 4.37. The van der Waals surface area contributed by atoms with Crippen molar-refractivity contribution in [2.45, 2.75) is 45.6 Å². The van der Waals surface area contributed by atoms with Crippen molar-refractivity contribution in [3.63, 3.8) is 0 Å². The third kappa shape index (κ3) is 2.66. The number of carbonyl (C=O) groups excluding carboxylic acids is 1. The molecule has 5 heteroatoms. The predicted molar refractivity (Wildman–Crippen MR) is 69.3 cm³/mol. The highest BCUT2D eigenvalue weighted by Crippen LogP contribution is 2.34. The Morgan fingerprint density at radius 2 is 2.06 bits per heavy atom. The minimum atomic E-state index is -0.787. The summed E-state index contributed by atoms with van der Waals surface area (Å²) in [6, 6.07) is 0. The maximum absolute atomic E-state index is 12.3. The lowest BCUT2D eigenvalue weighted by Crippen LogP contribution is -2.58. The van der Waals surface area contributed by atoms with Gasteiger partial charge in [0.2, 0.25) is 5.91 Å². The number of nitrogens with one attached hydrogen (secondary N) is 1. The molecule has 1 unspecified atom stereocenters. The molecule has 0 bridgehead atoms. The van der Waals surface area contributed by atoms with E-state index in [-0.39, 0.29) is 5.91 Å². The van der Waals surface area contributed by atoms with Crippen LogP contribution in [0.5, 0.6) is 0 Å². The fraction of sp³-hybridized carbons (Fsp3) is 0.846.